The quantitative estimate of drug-likeness (QED) is 0.834. The third-order valence-corrected chi connectivity index (χ3v) is 2.77. The molecule has 0 atom stereocenters. The maximum absolute atomic E-state index is 13.7. The predicted molar refractivity (Wildman–Crippen MR) is 61.0 cm³/mol. The smallest absolute Gasteiger partial charge is 0.344 e. The van der Waals surface area contributed by atoms with Crippen LogP contribution in [0.25, 0.3) is 10.9 Å². The monoisotopic (exact) mass is 253 g/mol. The highest BCUT2D eigenvalue weighted by molar-refractivity contribution is 5.93. The van der Waals surface area contributed by atoms with Gasteiger partial charge in [-0.15, -0.1) is 4.79 Å². The molecule has 2 rings (SSSR count). The van der Waals surface area contributed by atoms with Crippen LogP contribution in [0.4, 0.5) is 8.87 Å². The molecule has 4 nitrogen and oxygen atoms in total. The zero-order valence-corrected chi connectivity index (χ0v) is 9.41. The van der Waals surface area contributed by atoms with Gasteiger partial charge in [-0.3, -0.25) is 4.79 Å². The summed E-state index contributed by atoms with van der Waals surface area (Å²) >= 11 is 0. The van der Waals surface area contributed by atoms with Crippen LogP contribution in [0.2, 0.25) is 0 Å². The van der Waals surface area contributed by atoms with E-state index in [1.165, 1.54) is 12.1 Å². The maximum Gasteiger partial charge on any atom is 0.344 e. The van der Waals surface area contributed by atoms with E-state index in [4.69, 9.17) is 5.11 Å². The van der Waals surface area contributed by atoms with Crippen molar-refractivity contribution in [2.45, 2.75) is 13.3 Å². The van der Waals surface area contributed by atoms with Crippen molar-refractivity contribution < 1.29 is 18.8 Å². The van der Waals surface area contributed by atoms with Gasteiger partial charge in [-0.25, -0.2) is 4.79 Å². The van der Waals surface area contributed by atoms with Crippen LogP contribution in [0.5, 0.6) is 0 Å². The molecule has 1 aromatic heterocycles. The summed E-state index contributed by atoms with van der Waals surface area (Å²) in [7, 11) is 0. The van der Waals surface area contributed by atoms with E-state index >= 15 is 0 Å². The molecule has 0 bridgehead atoms. The van der Waals surface area contributed by atoms with Crippen LogP contribution in [0.3, 0.4) is 0 Å². The molecule has 0 aliphatic rings. The van der Waals surface area contributed by atoms with E-state index in [-0.39, 0.29) is 10.9 Å². The normalized spacial score (nSPS) is 10.8. The van der Waals surface area contributed by atoms with E-state index in [2.05, 4.69) is 0 Å². The molecular weight excluding hydrogens is 244 g/mol. The number of rotatable bonds is 2. The first-order valence-electron chi connectivity index (χ1n) is 5.24. The lowest BCUT2D eigenvalue weighted by molar-refractivity contribution is 0.0685. The first-order chi connectivity index (χ1) is 8.49. The van der Waals surface area contributed by atoms with Gasteiger partial charge in [0.15, 0.2) is 5.56 Å². The summed E-state index contributed by atoms with van der Waals surface area (Å²) in [6.45, 7) is 1.74. The maximum atomic E-state index is 13.7. The Morgan fingerprint density at radius 3 is 2.67 bits per heavy atom. The van der Waals surface area contributed by atoms with Gasteiger partial charge in [-0.2, -0.15) is 4.39 Å². The van der Waals surface area contributed by atoms with Crippen LogP contribution < -0.4 is 5.43 Å². The Kier molecular flexibility index (Phi) is 2.86. The van der Waals surface area contributed by atoms with Crippen LogP contribution in [-0.4, -0.2) is 15.9 Å². The SMILES string of the molecule is CCc1cccc2c1c(=O)c(C(=O)O)c(F)n2F. The molecule has 0 unspecified atom stereocenters. The van der Waals surface area contributed by atoms with E-state index in [1.807, 2.05) is 0 Å². The lowest BCUT2D eigenvalue weighted by Gasteiger charge is -2.08. The van der Waals surface area contributed by atoms with Gasteiger partial charge in [-0.05, 0) is 18.1 Å². The zero-order valence-electron chi connectivity index (χ0n) is 9.41. The number of aryl methyl sites for hydroxylation is 1. The minimum atomic E-state index is -1.78. The van der Waals surface area contributed by atoms with Crippen molar-refractivity contribution in [1.82, 2.24) is 4.79 Å². The molecule has 94 valence electrons. The molecule has 0 saturated heterocycles. The minimum absolute atomic E-state index is 0.0960. The molecule has 0 aliphatic carbocycles. The van der Waals surface area contributed by atoms with Crippen molar-refractivity contribution >= 4 is 16.9 Å². The number of carbonyl (C=O) groups is 1. The third-order valence-electron chi connectivity index (χ3n) is 2.77. The Morgan fingerprint density at radius 1 is 1.44 bits per heavy atom. The second-order valence-electron chi connectivity index (χ2n) is 3.75. The average molecular weight is 253 g/mol. The highest BCUT2D eigenvalue weighted by atomic mass is 19.2. The molecule has 0 fully saturated rings. The van der Waals surface area contributed by atoms with Gasteiger partial charge in [0.2, 0.25) is 11.4 Å². The molecule has 0 aliphatic heterocycles. The number of pyridine rings is 1. The van der Waals surface area contributed by atoms with Crippen LogP contribution >= 0.6 is 0 Å². The summed E-state index contributed by atoms with van der Waals surface area (Å²) in [5.41, 5.74) is -1.96. The Labute approximate surface area is 100 Å². The topological polar surface area (TPSA) is 59.3 Å². The third kappa shape index (κ3) is 1.57. The molecule has 0 radical (unpaired) electrons. The van der Waals surface area contributed by atoms with E-state index < -0.39 is 27.7 Å². The first kappa shape index (κ1) is 12.2. The van der Waals surface area contributed by atoms with Gasteiger partial charge in [0.1, 0.15) is 0 Å². The highest BCUT2D eigenvalue weighted by Crippen LogP contribution is 2.19. The molecule has 2 aromatic rings. The molecule has 6 heteroatoms. The van der Waals surface area contributed by atoms with Gasteiger partial charge in [0.25, 0.3) is 0 Å². The van der Waals surface area contributed by atoms with Crippen molar-refractivity contribution in [2.24, 2.45) is 0 Å². The highest BCUT2D eigenvalue weighted by Gasteiger charge is 2.23. The van der Waals surface area contributed by atoms with Gasteiger partial charge >= 0.3 is 5.97 Å². The molecule has 18 heavy (non-hydrogen) atoms. The van der Waals surface area contributed by atoms with E-state index in [0.717, 1.165) is 0 Å². The van der Waals surface area contributed by atoms with Crippen LogP contribution in [0, 0.1) is 5.95 Å². The fourth-order valence-electron chi connectivity index (χ4n) is 1.91. The largest absolute Gasteiger partial charge is 0.477 e. The predicted octanol–water partition coefficient (Wildman–Crippen LogP) is 2.13. The van der Waals surface area contributed by atoms with Crippen LogP contribution in [0.15, 0.2) is 23.0 Å². The number of hydrogen-bond donors (Lipinski definition) is 1. The van der Waals surface area contributed by atoms with Crippen molar-refractivity contribution in [3.63, 3.8) is 0 Å². The van der Waals surface area contributed by atoms with Crippen LogP contribution in [-0.2, 0) is 6.42 Å². The van der Waals surface area contributed by atoms with Gasteiger partial charge in [0, 0.05) is 0 Å². The summed E-state index contributed by atoms with van der Waals surface area (Å²) in [5, 5.41) is 8.68. The number of carboxylic acid groups (broad SMARTS) is 1. The van der Waals surface area contributed by atoms with Crippen molar-refractivity contribution in [2.75, 3.05) is 0 Å². The van der Waals surface area contributed by atoms with Crippen LogP contribution in [0.1, 0.15) is 22.8 Å². The van der Waals surface area contributed by atoms with E-state index in [0.29, 0.717) is 12.0 Å². The summed E-state index contributed by atoms with van der Waals surface area (Å²) in [5.74, 6) is -3.47. The fraction of sp³-hybridized carbons (Fsp3) is 0.167. The molecule has 0 saturated carbocycles. The molecule has 0 amide bonds. The van der Waals surface area contributed by atoms with E-state index in [1.54, 1.807) is 13.0 Å². The summed E-state index contributed by atoms with van der Waals surface area (Å²) in [6, 6.07) is 4.29. The Bertz CT molecular complexity index is 707. The fourth-order valence-corrected chi connectivity index (χ4v) is 1.91. The van der Waals surface area contributed by atoms with E-state index in [9.17, 15) is 18.5 Å². The molecular formula is C12H9F2NO3. The average Bonchev–Trinajstić information content (AvgIpc) is 2.34. The lowest BCUT2D eigenvalue weighted by Crippen LogP contribution is -2.22. The second kappa shape index (κ2) is 4.21. The molecule has 0 spiro atoms. The standard InChI is InChI=1S/C12H9F2NO3/c1-2-6-4-3-5-7-8(6)10(16)9(12(17)18)11(13)15(7)14/h3-5H,2H2,1H3,(H,17,18). The van der Waals surface area contributed by atoms with Gasteiger partial charge < -0.3 is 5.11 Å². The summed E-state index contributed by atoms with van der Waals surface area (Å²) < 4.78 is 27.1. The Balaban J connectivity index is 3.09. The van der Waals surface area contributed by atoms with Crippen molar-refractivity contribution in [1.29, 1.82) is 0 Å². The lowest BCUT2D eigenvalue weighted by atomic mass is 10.0. The number of aromatic nitrogens is 1. The number of hydrogen-bond acceptors (Lipinski definition) is 2. The van der Waals surface area contributed by atoms with Crippen molar-refractivity contribution in [3.8, 4) is 0 Å². The number of aromatic carboxylic acids is 1. The molecule has 1 aromatic carbocycles. The Morgan fingerprint density at radius 2 is 2.11 bits per heavy atom. The number of halogens is 2. The molecule has 1 heterocycles. The summed E-state index contributed by atoms with van der Waals surface area (Å²) in [4.78, 5) is 22.3. The number of fused-ring (bicyclic) bond motifs is 1. The zero-order chi connectivity index (χ0) is 13.4. The summed E-state index contributed by atoms with van der Waals surface area (Å²) in [6.07, 6.45) is 0.414. The minimum Gasteiger partial charge on any atom is -0.477 e. The number of benzene rings is 1. The van der Waals surface area contributed by atoms with Crippen molar-refractivity contribution in [3.05, 3.63) is 45.5 Å². The first-order valence-corrected chi connectivity index (χ1v) is 5.24. The Hall–Kier alpha value is -2.24. The second-order valence-corrected chi connectivity index (χ2v) is 3.75. The number of nitrogens with zero attached hydrogens (tertiary/aromatic N) is 1. The van der Waals surface area contributed by atoms with Gasteiger partial charge in [-0.1, -0.05) is 23.5 Å². The number of carboxylic acids is 1. The molecule has 1 N–H and O–H groups in total. The van der Waals surface area contributed by atoms with Gasteiger partial charge in [0.05, 0.1) is 10.9 Å².